The molecule has 2 N–H and O–H groups in total. The molecule has 0 bridgehead atoms. The van der Waals surface area contributed by atoms with Gasteiger partial charge in [-0.2, -0.15) is 0 Å². The molecule has 0 aromatic rings. The first-order chi connectivity index (χ1) is 4.11. The Morgan fingerprint density at radius 1 is 1.89 bits per heavy atom. The zero-order chi connectivity index (χ0) is 7.07. The lowest BCUT2D eigenvalue weighted by Crippen LogP contribution is -2.33. The number of carbonyl (C=O) groups is 1. The van der Waals surface area contributed by atoms with E-state index in [0.717, 1.165) is 12.8 Å². The molecule has 1 rings (SSSR count). The predicted octanol–water partition coefficient (Wildman–Crippen LogP) is 0.703. The molecule has 0 aromatic carbocycles. The highest BCUT2D eigenvalue weighted by atomic mass is 16.1. The maximum absolute atomic E-state index is 10.8. The second-order valence-electron chi connectivity index (χ2n) is 2.91. The van der Waals surface area contributed by atoms with Crippen LogP contribution in [0, 0.1) is 5.92 Å². The summed E-state index contributed by atoms with van der Waals surface area (Å²) >= 11 is 0. The minimum atomic E-state index is -0.422. The van der Waals surface area contributed by atoms with E-state index in [1.807, 2.05) is 0 Å². The van der Waals surface area contributed by atoms with Gasteiger partial charge in [-0.1, -0.05) is 13.3 Å². The number of nitrogens with two attached hydrogens (primary N) is 1. The zero-order valence-corrected chi connectivity index (χ0v) is 5.98. The molecule has 0 aromatic heterocycles. The second kappa shape index (κ2) is 1.81. The van der Waals surface area contributed by atoms with Crippen molar-refractivity contribution in [2.75, 3.05) is 0 Å². The summed E-state index contributed by atoms with van der Waals surface area (Å²) in [5.74, 6) is 0.615. The third kappa shape index (κ3) is 0.874. The first kappa shape index (κ1) is 6.75. The average molecular weight is 127 g/mol. The lowest BCUT2D eigenvalue weighted by molar-refractivity contribution is -0.119. The van der Waals surface area contributed by atoms with E-state index < -0.39 is 5.54 Å². The summed E-state index contributed by atoms with van der Waals surface area (Å²) in [7, 11) is 0. The van der Waals surface area contributed by atoms with Crippen molar-refractivity contribution in [3.05, 3.63) is 0 Å². The Balaban J connectivity index is 2.52. The van der Waals surface area contributed by atoms with Gasteiger partial charge in [0.05, 0.1) is 5.54 Å². The van der Waals surface area contributed by atoms with E-state index in [1.165, 1.54) is 0 Å². The van der Waals surface area contributed by atoms with Crippen LogP contribution < -0.4 is 5.73 Å². The summed E-state index contributed by atoms with van der Waals surface area (Å²) < 4.78 is 0. The predicted molar refractivity (Wildman–Crippen MR) is 36.0 cm³/mol. The fraction of sp³-hybridized carbons (Fsp3) is 0.857. The third-order valence-electron chi connectivity index (χ3n) is 2.30. The largest absolute Gasteiger partial charge is 0.319 e. The van der Waals surface area contributed by atoms with Gasteiger partial charge in [-0.25, -0.2) is 0 Å². The van der Waals surface area contributed by atoms with E-state index in [-0.39, 0.29) is 5.78 Å². The van der Waals surface area contributed by atoms with Crippen LogP contribution >= 0.6 is 0 Å². The summed E-state index contributed by atoms with van der Waals surface area (Å²) in [4.78, 5) is 10.8. The van der Waals surface area contributed by atoms with Crippen LogP contribution in [0.5, 0.6) is 0 Å². The molecule has 0 saturated heterocycles. The van der Waals surface area contributed by atoms with E-state index in [2.05, 4.69) is 6.92 Å². The monoisotopic (exact) mass is 127 g/mol. The van der Waals surface area contributed by atoms with Gasteiger partial charge in [-0.05, 0) is 19.3 Å². The molecule has 0 heterocycles. The summed E-state index contributed by atoms with van der Waals surface area (Å²) in [6, 6.07) is 0. The molecule has 2 nitrogen and oxygen atoms in total. The van der Waals surface area contributed by atoms with E-state index >= 15 is 0 Å². The van der Waals surface area contributed by atoms with Gasteiger partial charge in [0.25, 0.3) is 0 Å². The number of ketones is 1. The standard InChI is InChI=1S/C7H13NO/c1-3-6-4-7(6,8)5(2)9/h6H,3-4,8H2,1-2H3/t6-,7+/m1/s1. The molecule has 0 unspecified atom stereocenters. The molecule has 0 radical (unpaired) electrons. The van der Waals surface area contributed by atoms with Crippen LogP contribution in [0.2, 0.25) is 0 Å². The van der Waals surface area contributed by atoms with Crippen molar-refractivity contribution in [1.29, 1.82) is 0 Å². The topological polar surface area (TPSA) is 43.1 Å². The molecule has 2 heteroatoms. The SMILES string of the molecule is CC[C@@H]1C[C@]1(N)C(C)=O. The lowest BCUT2D eigenvalue weighted by Gasteiger charge is -2.03. The molecule has 0 aliphatic heterocycles. The van der Waals surface area contributed by atoms with Crippen molar-refractivity contribution in [2.24, 2.45) is 11.7 Å². The molecule has 1 aliphatic carbocycles. The van der Waals surface area contributed by atoms with Crippen LogP contribution in [0.4, 0.5) is 0 Å². The summed E-state index contributed by atoms with van der Waals surface area (Å²) in [6.45, 7) is 3.65. The smallest absolute Gasteiger partial charge is 0.149 e. The molecule has 0 amide bonds. The fourth-order valence-electron chi connectivity index (χ4n) is 1.29. The van der Waals surface area contributed by atoms with Crippen molar-refractivity contribution in [3.63, 3.8) is 0 Å². The molecule has 9 heavy (non-hydrogen) atoms. The highest BCUT2D eigenvalue weighted by Gasteiger charge is 2.53. The minimum absolute atomic E-state index is 0.148. The Kier molecular flexibility index (Phi) is 1.35. The van der Waals surface area contributed by atoms with Crippen LogP contribution in [-0.4, -0.2) is 11.3 Å². The van der Waals surface area contributed by atoms with Crippen molar-refractivity contribution >= 4 is 5.78 Å². The van der Waals surface area contributed by atoms with Gasteiger partial charge in [0, 0.05) is 0 Å². The molecule has 0 spiro atoms. The van der Waals surface area contributed by atoms with Crippen LogP contribution in [0.25, 0.3) is 0 Å². The third-order valence-corrected chi connectivity index (χ3v) is 2.30. The number of Topliss-reactive ketones (excluding diaryl/α,β-unsaturated/α-hetero) is 1. The Morgan fingerprint density at radius 3 is 2.56 bits per heavy atom. The number of hydrogen-bond donors (Lipinski definition) is 1. The minimum Gasteiger partial charge on any atom is -0.319 e. The average Bonchev–Trinajstić information content (AvgIpc) is 2.44. The number of hydrogen-bond acceptors (Lipinski definition) is 2. The molecule has 1 fully saturated rings. The van der Waals surface area contributed by atoms with E-state index in [0.29, 0.717) is 5.92 Å². The maximum atomic E-state index is 10.8. The Morgan fingerprint density at radius 2 is 2.44 bits per heavy atom. The van der Waals surface area contributed by atoms with Gasteiger partial charge in [0.1, 0.15) is 5.78 Å². The molecule has 1 saturated carbocycles. The Labute approximate surface area is 55.4 Å². The lowest BCUT2D eigenvalue weighted by atomic mass is 10.1. The molecule has 52 valence electrons. The van der Waals surface area contributed by atoms with Gasteiger partial charge in [0.15, 0.2) is 0 Å². The summed E-state index contributed by atoms with van der Waals surface area (Å²) in [5.41, 5.74) is 5.27. The quantitative estimate of drug-likeness (QED) is 0.593. The van der Waals surface area contributed by atoms with Crippen molar-refractivity contribution < 1.29 is 4.79 Å². The van der Waals surface area contributed by atoms with Crippen LogP contribution in [0.15, 0.2) is 0 Å². The Bertz CT molecular complexity index is 144. The zero-order valence-electron chi connectivity index (χ0n) is 5.98. The van der Waals surface area contributed by atoms with Gasteiger partial charge in [-0.15, -0.1) is 0 Å². The fourth-order valence-corrected chi connectivity index (χ4v) is 1.29. The first-order valence-corrected chi connectivity index (χ1v) is 3.41. The highest BCUT2D eigenvalue weighted by Crippen LogP contribution is 2.43. The molecular formula is C7H13NO. The molecule has 1 aliphatic rings. The van der Waals surface area contributed by atoms with Gasteiger partial charge in [-0.3, -0.25) is 4.79 Å². The summed E-state index contributed by atoms with van der Waals surface area (Å²) in [5, 5.41) is 0. The van der Waals surface area contributed by atoms with Crippen molar-refractivity contribution in [2.45, 2.75) is 32.2 Å². The normalized spacial score (nSPS) is 40.6. The maximum Gasteiger partial charge on any atom is 0.149 e. The highest BCUT2D eigenvalue weighted by molar-refractivity contribution is 5.89. The van der Waals surface area contributed by atoms with Crippen LogP contribution in [0.1, 0.15) is 26.7 Å². The Hall–Kier alpha value is -0.370. The first-order valence-electron chi connectivity index (χ1n) is 3.41. The van der Waals surface area contributed by atoms with E-state index in [4.69, 9.17) is 5.73 Å². The van der Waals surface area contributed by atoms with Gasteiger partial charge < -0.3 is 5.73 Å². The van der Waals surface area contributed by atoms with Crippen molar-refractivity contribution in [1.82, 2.24) is 0 Å². The van der Waals surface area contributed by atoms with Gasteiger partial charge >= 0.3 is 0 Å². The van der Waals surface area contributed by atoms with Crippen LogP contribution in [0.3, 0.4) is 0 Å². The van der Waals surface area contributed by atoms with E-state index in [9.17, 15) is 4.79 Å². The number of rotatable bonds is 2. The van der Waals surface area contributed by atoms with Crippen molar-refractivity contribution in [3.8, 4) is 0 Å². The van der Waals surface area contributed by atoms with Gasteiger partial charge in [0.2, 0.25) is 0 Å². The molecular weight excluding hydrogens is 114 g/mol. The second-order valence-corrected chi connectivity index (χ2v) is 2.91. The number of carbonyl (C=O) groups excluding carboxylic acids is 1. The van der Waals surface area contributed by atoms with Crippen LogP contribution in [-0.2, 0) is 4.79 Å². The summed E-state index contributed by atoms with van der Waals surface area (Å²) in [6.07, 6.45) is 1.94. The van der Waals surface area contributed by atoms with E-state index in [1.54, 1.807) is 6.92 Å². The molecule has 2 atom stereocenters.